The molecule has 3 aliphatic heterocycles. The quantitative estimate of drug-likeness (QED) is 0.0817. The fourth-order valence-corrected chi connectivity index (χ4v) is 9.44. The van der Waals surface area contributed by atoms with E-state index in [0.717, 1.165) is 38.5 Å². The molecule has 0 aromatic rings. The lowest BCUT2D eigenvalue weighted by molar-refractivity contribution is -0.338. The molecular formula is C43H71N3O15. The van der Waals surface area contributed by atoms with Gasteiger partial charge in [0.25, 0.3) is 5.91 Å². The number of hydrogen-bond donors (Lipinski definition) is 7. The Hall–Kier alpha value is -2.65. The highest BCUT2D eigenvalue weighted by Crippen LogP contribution is 2.40. The van der Waals surface area contributed by atoms with E-state index in [9.17, 15) is 49.5 Å². The lowest BCUT2D eigenvalue weighted by atomic mass is 9.74. The molecule has 2 saturated carbocycles. The molecule has 3 amide bonds. The van der Waals surface area contributed by atoms with E-state index in [4.69, 9.17) is 23.7 Å². The molecule has 0 aromatic heterocycles. The SMILES string of the molecule is CCC1CC(C(=O)CCCNC(=O)CCC(C)=O)C[C@@H](O[C@@H]2O[C@@H](CO)[C@H](O)C(O[C@@H](CC3CCCCC3)C(=O)N3CCC3)C2NC(C)=O)[C@@H]1O[C@@H]1OC(C)[C@@H](O)[C@H](O)C1O. The Balaban J connectivity index is 1.41. The van der Waals surface area contributed by atoms with Gasteiger partial charge in [0.2, 0.25) is 11.8 Å². The van der Waals surface area contributed by atoms with Gasteiger partial charge in [-0.3, -0.25) is 19.2 Å². The molecule has 3 saturated heterocycles. The van der Waals surface area contributed by atoms with Crippen LogP contribution in [0.5, 0.6) is 0 Å². The molecule has 2 aliphatic carbocycles. The molecule has 15 atom stereocenters. The fraction of sp³-hybridized carbons (Fsp3) is 0.884. The summed E-state index contributed by atoms with van der Waals surface area (Å²) >= 11 is 0. The van der Waals surface area contributed by atoms with Crippen LogP contribution in [0.4, 0.5) is 0 Å². The van der Waals surface area contributed by atoms with Crippen LogP contribution in [0.2, 0.25) is 0 Å². The van der Waals surface area contributed by atoms with E-state index in [1.165, 1.54) is 20.8 Å². The lowest BCUT2D eigenvalue weighted by Gasteiger charge is -2.49. The van der Waals surface area contributed by atoms with Gasteiger partial charge >= 0.3 is 0 Å². The highest BCUT2D eigenvalue weighted by atomic mass is 16.7. The molecule has 6 unspecified atom stereocenters. The van der Waals surface area contributed by atoms with Crippen LogP contribution in [-0.2, 0) is 47.7 Å². The first-order valence-corrected chi connectivity index (χ1v) is 22.6. The Kier molecular flexibility index (Phi) is 18.9. The summed E-state index contributed by atoms with van der Waals surface area (Å²) in [6, 6.07) is -1.20. The maximum Gasteiger partial charge on any atom is 0.251 e. The second kappa shape index (κ2) is 23.3. The van der Waals surface area contributed by atoms with Gasteiger partial charge in [0.05, 0.1) is 24.9 Å². The number of rotatable bonds is 20. The van der Waals surface area contributed by atoms with Crippen LogP contribution in [-0.4, -0.2) is 166 Å². The third-order valence-corrected chi connectivity index (χ3v) is 13.2. The number of aliphatic hydroxyl groups excluding tert-OH is 5. The average Bonchev–Trinajstić information content (AvgIpc) is 3.21. The van der Waals surface area contributed by atoms with Crippen molar-refractivity contribution >= 4 is 29.3 Å². The van der Waals surface area contributed by atoms with Crippen molar-refractivity contribution in [3.63, 3.8) is 0 Å². The molecule has 0 aromatic carbocycles. The van der Waals surface area contributed by atoms with E-state index >= 15 is 0 Å². The van der Waals surface area contributed by atoms with Gasteiger partial charge in [-0.15, -0.1) is 0 Å². The standard InChI is InChI=1S/C43H71N3O15/c1-5-27-20-28(29(50)13-9-16-44-33(51)15-14-23(2)48)21-30(39(27)61-43-38(55)37(54)35(52)24(3)57-43)59-42-34(45-25(4)49)40(36(53)32(22-47)60-42)58-31(41(56)46-17-10-18-46)19-26-11-7-6-8-12-26/h24,26-28,30-32,34-40,42-43,47,52-55H,5-22H2,1-4H3,(H,44,51)(H,45,49)/t24?,27?,28?,30-,31+,32+,34?,35-,36+,37+,38?,39-,40?,42-,43+/m1/s1. The van der Waals surface area contributed by atoms with Gasteiger partial charge in [-0.2, -0.15) is 0 Å². The van der Waals surface area contributed by atoms with E-state index in [-0.39, 0.29) is 67.4 Å². The summed E-state index contributed by atoms with van der Waals surface area (Å²) in [7, 11) is 0. The lowest BCUT2D eigenvalue weighted by Crippen LogP contribution is -2.67. The predicted molar refractivity (Wildman–Crippen MR) is 216 cm³/mol. The van der Waals surface area contributed by atoms with Crippen LogP contribution < -0.4 is 10.6 Å². The second-order valence-corrected chi connectivity index (χ2v) is 17.9. The zero-order valence-electron chi connectivity index (χ0n) is 36.2. The van der Waals surface area contributed by atoms with E-state index in [1.54, 1.807) is 4.90 Å². The molecule has 5 aliphatic rings. The van der Waals surface area contributed by atoms with Crippen molar-refractivity contribution in [2.24, 2.45) is 17.8 Å². The Morgan fingerprint density at radius 1 is 0.820 bits per heavy atom. The number of hydrogen-bond acceptors (Lipinski definition) is 15. The topological polar surface area (TPSA) is 260 Å². The minimum absolute atomic E-state index is 0.0668. The van der Waals surface area contributed by atoms with Crippen molar-refractivity contribution in [1.29, 1.82) is 0 Å². The van der Waals surface area contributed by atoms with Crippen LogP contribution in [0.1, 0.15) is 118 Å². The zero-order valence-corrected chi connectivity index (χ0v) is 36.2. The second-order valence-electron chi connectivity index (χ2n) is 17.9. The summed E-state index contributed by atoms with van der Waals surface area (Å²) in [6.07, 6.45) is -7.16. The summed E-state index contributed by atoms with van der Waals surface area (Å²) in [5.41, 5.74) is 0. The molecule has 3 heterocycles. The van der Waals surface area contributed by atoms with Crippen LogP contribution >= 0.6 is 0 Å². The highest BCUT2D eigenvalue weighted by molar-refractivity contribution is 5.84. The minimum Gasteiger partial charge on any atom is -0.394 e. The largest absolute Gasteiger partial charge is 0.394 e. The molecule has 0 spiro atoms. The Labute approximate surface area is 358 Å². The van der Waals surface area contributed by atoms with Gasteiger partial charge in [-0.25, -0.2) is 0 Å². The third kappa shape index (κ3) is 13.2. The minimum atomic E-state index is -1.64. The van der Waals surface area contributed by atoms with E-state index in [2.05, 4.69) is 10.6 Å². The summed E-state index contributed by atoms with van der Waals surface area (Å²) in [5, 5.41) is 59.8. The monoisotopic (exact) mass is 869 g/mol. The Morgan fingerprint density at radius 3 is 2.16 bits per heavy atom. The number of ether oxygens (including phenoxy) is 5. The van der Waals surface area contributed by atoms with Gasteiger partial charge in [-0.05, 0) is 57.8 Å². The van der Waals surface area contributed by atoms with Crippen molar-refractivity contribution in [2.45, 2.75) is 197 Å². The molecule has 7 N–H and O–H groups in total. The molecule has 5 rings (SSSR count). The normalized spacial score (nSPS) is 36.4. The van der Waals surface area contributed by atoms with Gasteiger partial charge in [0.1, 0.15) is 60.3 Å². The number of amides is 3. The van der Waals surface area contributed by atoms with Gasteiger partial charge in [0.15, 0.2) is 12.6 Å². The highest BCUT2D eigenvalue weighted by Gasteiger charge is 2.53. The van der Waals surface area contributed by atoms with Crippen LogP contribution in [0.3, 0.4) is 0 Å². The molecule has 61 heavy (non-hydrogen) atoms. The predicted octanol–water partition coefficient (Wildman–Crippen LogP) is 0.395. The first kappa shape index (κ1) is 49.4. The smallest absolute Gasteiger partial charge is 0.251 e. The number of likely N-dealkylation sites (tertiary alicyclic amines) is 1. The number of aliphatic hydroxyl groups is 5. The molecular weight excluding hydrogens is 798 g/mol. The van der Waals surface area contributed by atoms with Crippen molar-refractivity contribution in [2.75, 3.05) is 26.2 Å². The summed E-state index contributed by atoms with van der Waals surface area (Å²) in [4.78, 5) is 65.8. The number of nitrogens with one attached hydrogen (secondary N) is 2. The number of nitrogens with zero attached hydrogens (tertiary/aromatic N) is 1. The van der Waals surface area contributed by atoms with Crippen molar-refractivity contribution in [3.05, 3.63) is 0 Å². The summed E-state index contributed by atoms with van der Waals surface area (Å²) in [6.45, 7) is 6.90. The van der Waals surface area contributed by atoms with E-state index in [1.807, 2.05) is 6.92 Å². The summed E-state index contributed by atoms with van der Waals surface area (Å²) < 4.78 is 31.9. The van der Waals surface area contributed by atoms with Crippen molar-refractivity contribution < 1.29 is 73.2 Å². The van der Waals surface area contributed by atoms with Gasteiger partial charge in [-0.1, -0.05) is 45.4 Å². The first-order chi connectivity index (χ1) is 29.1. The Bertz CT molecular complexity index is 1460. The van der Waals surface area contributed by atoms with Crippen LogP contribution in [0.25, 0.3) is 0 Å². The number of Topliss-reactive ketones (excluding diaryl/α,β-unsaturated/α-hetero) is 2. The van der Waals surface area contributed by atoms with Gasteiger partial charge < -0.3 is 69.5 Å². The Morgan fingerprint density at radius 2 is 1.54 bits per heavy atom. The first-order valence-electron chi connectivity index (χ1n) is 22.6. The number of carbonyl (C=O) groups is 5. The molecule has 0 radical (unpaired) electrons. The zero-order chi connectivity index (χ0) is 44.4. The van der Waals surface area contributed by atoms with Gasteiger partial charge in [0, 0.05) is 51.7 Å². The molecule has 0 bridgehead atoms. The molecule has 348 valence electrons. The number of ketones is 2. The summed E-state index contributed by atoms with van der Waals surface area (Å²) in [5.74, 6) is -1.88. The van der Waals surface area contributed by atoms with Crippen LogP contribution in [0, 0.1) is 17.8 Å². The maximum absolute atomic E-state index is 13.9. The van der Waals surface area contributed by atoms with Crippen LogP contribution in [0.15, 0.2) is 0 Å². The third-order valence-electron chi connectivity index (χ3n) is 13.2. The van der Waals surface area contributed by atoms with E-state index < -0.39 is 98.1 Å². The molecule has 18 nitrogen and oxygen atoms in total. The fourth-order valence-electron chi connectivity index (χ4n) is 9.44. The molecule has 18 heteroatoms. The number of carbonyl (C=O) groups excluding carboxylic acids is 5. The average molecular weight is 870 g/mol. The molecule has 5 fully saturated rings. The maximum atomic E-state index is 13.9. The van der Waals surface area contributed by atoms with E-state index in [0.29, 0.717) is 38.8 Å². The van der Waals surface area contributed by atoms with Crippen molar-refractivity contribution in [1.82, 2.24) is 15.5 Å². The van der Waals surface area contributed by atoms with Crippen molar-refractivity contribution in [3.8, 4) is 0 Å².